The molecule has 0 atom stereocenters. The summed E-state index contributed by atoms with van der Waals surface area (Å²) >= 11 is 0. The molecule has 3 heterocycles. The summed E-state index contributed by atoms with van der Waals surface area (Å²) in [6, 6.07) is 18.8. The highest BCUT2D eigenvalue weighted by Crippen LogP contribution is 2.25. The zero-order valence-electron chi connectivity index (χ0n) is 21.2. The highest BCUT2D eigenvalue weighted by Gasteiger charge is 2.11. The van der Waals surface area contributed by atoms with Crippen LogP contribution in [0.3, 0.4) is 0 Å². The van der Waals surface area contributed by atoms with E-state index in [1.165, 1.54) is 6.21 Å². The number of phenolic OH excluding ortho intramolecular Hbond substituents is 1. The predicted molar refractivity (Wildman–Crippen MR) is 150 cm³/mol. The number of pyridine rings is 1. The summed E-state index contributed by atoms with van der Waals surface area (Å²) in [5.41, 5.74) is 7.03. The van der Waals surface area contributed by atoms with Gasteiger partial charge in [0.15, 0.2) is 11.6 Å². The predicted octanol–water partition coefficient (Wildman–Crippen LogP) is 4.32. The average molecular weight is 529 g/mol. The Hall–Kier alpha value is -4.61. The monoisotopic (exact) mass is 528 g/mol. The summed E-state index contributed by atoms with van der Waals surface area (Å²) in [5, 5.41) is 20.1. The summed E-state index contributed by atoms with van der Waals surface area (Å²) < 4.78 is 19.5. The SMILES string of the molecule is Oc1cccc(-c2ccc(Nc3ccc(/C=N/Nc4ncc(F)c(NCCN5CCOCC5)n4)nc3)cc2)c1. The normalized spacial score (nSPS) is 13.9. The molecule has 2 aromatic heterocycles. The average Bonchev–Trinajstić information content (AvgIpc) is 2.96. The van der Waals surface area contributed by atoms with Gasteiger partial charge in [-0.15, -0.1) is 0 Å². The highest BCUT2D eigenvalue weighted by molar-refractivity contribution is 5.78. The lowest BCUT2D eigenvalue weighted by Crippen LogP contribution is -2.39. The van der Waals surface area contributed by atoms with Gasteiger partial charge in [-0.25, -0.2) is 14.8 Å². The van der Waals surface area contributed by atoms with Crippen molar-refractivity contribution in [2.45, 2.75) is 0 Å². The molecular weight excluding hydrogens is 499 g/mol. The largest absolute Gasteiger partial charge is 0.508 e. The smallest absolute Gasteiger partial charge is 0.245 e. The Morgan fingerprint density at radius 3 is 2.56 bits per heavy atom. The van der Waals surface area contributed by atoms with Gasteiger partial charge in [-0.2, -0.15) is 10.1 Å². The van der Waals surface area contributed by atoms with E-state index in [2.05, 4.69) is 41.0 Å². The first-order valence-corrected chi connectivity index (χ1v) is 12.6. The highest BCUT2D eigenvalue weighted by atomic mass is 19.1. The van der Waals surface area contributed by atoms with Crippen molar-refractivity contribution in [3.8, 4) is 16.9 Å². The number of ether oxygens (including phenoxy) is 1. The summed E-state index contributed by atoms with van der Waals surface area (Å²) in [4.78, 5) is 14.7. The van der Waals surface area contributed by atoms with Crippen molar-refractivity contribution in [3.05, 3.63) is 84.6 Å². The molecule has 0 amide bonds. The first kappa shape index (κ1) is 26.0. The molecule has 4 N–H and O–H groups in total. The Bertz CT molecular complexity index is 1390. The molecule has 1 fully saturated rings. The van der Waals surface area contributed by atoms with Gasteiger partial charge in [0.1, 0.15) is 5.75 Å². The van der Waals surface area contributed by atoms with Crippen LogP contribution in [0, 0.1) is 5.82 Å². The molecule has 200 valence electrons. The number of hydrazone groups is 1. The van der Waals surface area contributed by atoms with Crippen molar-refractivity contribution < 1.29 is 14.2 Å². The molecule has 4 aromatic rings. The number of nitrogens with zero attached hydrogens (tertiary/aromatic N) is 5. The van der Waals surface area contributed by atoms with Crippen LogP contribution in [-0.4, -0.2) is 70.6 Å². The molecular formula is C28H29FN8O2. The number of nitrogens with one attached hydrogen (secondary N) is 3. The van der Waals surface area contributed by atoms with E-state index in [1.807, 2.05) is 48.5 Å². The van der Waals surface area contributed by atoms with Crippen molar-refractivity contribution in [1.29, 1.82) is 0 Å². The Morgan fingerprint density at radius 1 is 0.974 bits per heavy atom. The second-order valence-electron chi connectivity index (χ2n) is 8.87. The minimum absolute atomic E-state index is 0.125. The van der Waals surface area contributed by atoms with E-state index >= 15 is 0 Å². The van der Waals surface area contributed by atoms with Crippen molar-refractivity contribution in [3.63, 3.8) is 0 Å². The Balaban J connectivity index is 1.11. The molecule has 2 aromatic carbocycles. The van der Waals surface area contributed by atoms with E-state index in [9.17, 15) is 9.50 Å². The van der Waals surface area contributed by atoms with Gasteiger partial charge in [-0.05, 0) is 47.5 Å². The van der Waals surface area contributed by atoms with Crippen LogP contribution in [-0.2, 0) is 4.74 Å². The first-order chi connectivity index (χ1) is 19.1. The van der Waals surface area contributed by atoms with E-state index in [1.54, 1.807) is 18.3 Å². The second-order valence-corrected chi connectivity index (χ2v) is 8.87. The summed E-state index contributed by atoms with van der Waals surface area (Å²) in [7, 11) is 0. The third-order valence-electron chi connectivity index (χ3n) is 6.07. The number of hydrogen-bond acceptors (Lipinski definition) is 10. The lowest BCUT2D eigenvalue weighted by molar-refractivity contribution is 0.0398. The fourth-order valence-electron chi connectivity index (χ4n) is 4.01. The van der Waals surface area contributed by atoms with Crippen LogP contribution in [0.2, 0.25) is 0 Å². The molecule has 1 saturated heterocycles. The lowest BCUT2D eigenvalue weighted by Gasteiger charge is -2.26. The fraction of sp³-hybridized carbons (Fsp3) is 0.214. The van der Waals surface area contributed by atoms with E-state index < -0.39 is 5.82 Å². The summed E-state index contributed by atoms with van der Waals surface area (Å²) in [6.45, 7) is 4.51. The number of hydrogen-bond donors (Lipinski definition) is 4. The molecule has 0 saturated carbocycles. The third-order valence-corrected chi connectivity index (χ3v) is 6.07. The van der Waals surface area contributed by atoms with Crippen LogP contribution in [0.5, 0.6) is 5.75 Å². The second kappa shape index (κ2) is 12.8. The van der Waals surface area contributed by atoms with Crippen LogP contribution < -0.4 is 16.1 Å². The van der Waals surface area contributed by atoms with E-state index in [0.29, 0.717) is 12.2 Å². The maximum Gasteiger partial charge on any atom is 0.245 e. The number of phenols is 1. The molecule has 0 unspecified atom stereocenters. The summed E-state index contributed by atoms with van der Waals surface area (Å²) in [5.74, 6) is 0.0142. The number of rotatable bonds is 10. The van der Waals surface area contributed by atoms with E-state index in [0.717, 1.165) is 61.5 Å². The minimum Gasteiger partial charge on any atom is -0.508 e. The third kappa shape index (κ3) is 7.46. The molecule has 1 aliphatic heterocycles. The van der Waals surface area contributed by atoms with Crippen LogP contribution >= 0.6 is 0 Å². The lowest BCUT2D eigenvalue weighted by atomic mass is 10.1. The fourth-order valence-corrected chi connectivity index (χ4v) is 4.01. The van der Waals surface area contributed by atoms with Crippen LogP contribution in [0.15, 0.2) is 78.2 Å². The number of aromatic hydroxyl groups is 1. The minimum atomic E-state index is -0.523. The van der Waals surface area contributed by atoms with Gasteiger partial charge in [0.2, 0.25) is 5.95 Å². The van der Waals surface area contributed by atoms with Gasteiger partial charge in [0, 0.05) is 31.9 Å². The van der Waals surface area contributed by atoms with Gasteiger partial charge < -0.3 is 20.5 Å². The molecule has 10 nitrogen and oxygen atoms in total. The number of aromatic nitrogens is 3. The van der Waals surface area contributed by atoms with Gasteiger partial charge in [0.25, 0.3) is 0 Å². The van der Waals surface area contributed by atoms with Crippen molar-refractivity contribution >= 4 is 29.4 Å². The Kier molecular flexibility index (Phi) is 8.51. The molecule has 5 rings (SSSR count). The van der Waals surface area contributed by atoms with E-state index in [4.69, 9.17) is 4.74 Å². The molecule has 39 heavy (non-hydrogen) atoms. The molecule has 0 aliphatic carbocycles. The van der Waals surface area contributed by atoms with Crippen molar-refractivity contribution in [2.24, 2.45) is 5.10 Å². The number of halogens is 1. The standard InChI is InChI=1S/C28H29FN8O2/c29-26-19-32-28(35-27(26)30-10-11-37-12-14-39-15-13-37)36-33-18-23-8-9-24(17-31-23)34-22-6-4-20(5-7-22)21-2-1-3-25(38)16-21/h1-9,16-19,34,38H,10-15H2,(H2,30,32,35,36)/b33-18+. The molecule has 0 radical (unpaired) electrons. The van der Waals surface area contributed by atoms with Crippen molar-refractivity contribution in [2.75, 3.05) is 55.5 Å². The van der Waals surface area contributed by atoms with Gasteiger partial charge in [-0.1, -0.05) is 24.3 Å². The maximum absolute atomic E-state index is 14.1. The topological polar surface area (TPSA) is 120 Å². The number of benzene rings is 2. The van der Waals surface area contributed by atoms with Gasteiger partial charge >= 0.3 is 0 Å². The number of morpholine rings is 1. The molecule has 0 bridgehead atoms. The first-order valence-electron chi connectivity index (χ1n) is 12.6. The molecule has 0 spiro atoms. The van der Waals surface area contributed by atoms with Gasteiger partial charge in [-0.3, -0.25) is 9.88 Å². The maximum atomic E-state index is 14.1. The van der Waals surface area contributed by atoms with E-state index in [-0.39, 0.29) is 17.5 Å². The Labute approximate surface area is 225 Å². The van der Waals surface area contributed by atoms with Crippen molar-refractivity contribution in [1.82, 2.24) is 19.9 Å². The zero-order chi connectivity index (χ0) is 26.9. The molecule has 1 aliphatic rings. The summed E-state index contributed by atoms with van der Waals surface area (Å²) in [6.07, 6.45) is 4.35. The van der Waals surface area contributed by atoms with Gasteiger partial charge in [0.05, 0.1) is 43.2 Å². The van der Waals surface area contributed by atoms with Crippen LogP contribution in [0.4, 0.5) is 27.5 Å². The quantitative estimate of drug-likeness (QED) is 0.176. The molecule has 11 heteroatoms. The number of anilines is 4. The zero-order valence-corrected chi connectivity index (χ0v) is 21.2. The van der Waals surface area contributed by atoms with Crippen LogP contribution in [0.25, 0.3) is 11.1 Å². The Morgan fingerprint density at radius 2 is 1.79 bits per heavy atom. The van der Waals surface area contributed by atoms with Crippen LogP contribution in [0.1, 0.15) is 5.69 Å².